The van der Waals surface area contributed by atoms with Gasteiger partial charge in [-0.05, 0) is 36.8 Å². The molecule has 13 heavy (non-hydrogen) atoms. The molecule has 0 aromatic rings. The predicted octanol–water partition coefficient (Wildman–Crippen LogP) is 3.15. The van der Waals surface area contributed by atoms with Gasteiger partial charge in [0, 0.05) is 6.04 Å². The summed E-state index contributed by atoms with van der Waals surface area (Å²) in [5.41, 5.74) is 0. The van der Waals surface area contributed by atoms with E-state index in [4.69, 9.17) is 0 Å². The molecule has 0 bridgehead atoms. The second kappa shape index (κ2) is 8.89. The van der Waals surface area contributed by atoms with E-state index >= 15 is 0 Å². The summed E-state index contributed by atoms with van der Waals surface area (Å²) in [6.07, 6.45) is 2.56. The third-order valence-electron chi connectivity index (χ3n) is 2.32. The summed E-state index contributed by atoms with van der Waals surface area (Å²) in [6.45, 7) is 10.3. The zero-order chi connectivity index (χ0) is 10.1. The van der Waals surface area contributed by atoms with Crippen LogP contribution in [0.4, 0.5) is 0 Å². The molecule has 0 aromatic carbocycles. The van der Waals surface area contributed by atoms with Crippen molar-refractivity contribution in [3.63, 3.8) is 0 Å². The van der Waals surface area contributed by atoms with E-state index in [0.717, 1.165) is 5.92 Å². The highest BCUT2D eigenvalue weighted by Crippen LogP contribution is 2.06. The van der Waals surface area contributed by atoms with Crippen LogP contribution >= 0.6 is 11.8 Å². The van der Waals surface area contributed by atoms with Gasteiger partial charge >= 0.3 is 0 Å². The molecule has 0 spiro atoms. The molecule has 0 radical (unpaired) electrons. The molecule has 1 unspecified atom stereocenters. The third kappa shape index (κ3) is 7.39. The summed E-state index contributed by atoms with van der Waals surface area (Å²) in [4.78, 5) is 0. The van der Waals surface area contributed by atoms with Crippen LogP contribution in [-0.4, -0.2) is 24.1 Å². The Hall–Kier alpha value is 0.310. The number of hydrogen-bond acceptors (Lipinski definition) is 2. The van der Waals surface area contributed by atoms with Gasteiger partial charge in [-0.15, -0.1) is 0 Å². The van der Waals surface area contributed by atoms with Crippen molar-refractivity contribution in [1.82, 2.24) is 5.32 Å². The van der Waals surface area contributed by atoms with E-state index in [1.54, 1.807) is 0 Å². The molecule has 1 nitrogen and oxygen atoms in total. The average molecular weight is 203 g/mol. The molecule has 0 fully saturated rings. The molecule has 1 atom stereocenters. The summed E-state index contributed by atoms with van der Waals surface area (Å²) in [5.74, 6) is 3.32. The quantitative estimate of drug-likeness (QED) is 0.608. The van der Waals surface area contributed by atoms with Crippen LogP contribution in [0.3, 0.4) is 0 Å². The van der Waals surface area contributed by atoms with Gasteiger partial charge in [-0.3, -0.25) is 0 Å². The molecule has 0 rings (SSSR count). The van der Waals surface area contributed by atoms with Crippen molar-refractivity contribution in [2.75, 3.05) is 18.1 Å². The SMILES string of the molecule is CCSCCCNC(CC)C(C)C. The molecule has 0 aliphatic rings. The van der Waals surface area contributed by atoms with Crippen LogP contribution in [0.15, 0.2) is 0 Å². The van der Waals surface area contributed by atoms with E-state index in [0.29, 0.717) is 6.04 Å². The highest BCUT2D eigenvalue weighted by atomic mass is 32.2. The lowest BCUT2D eigenvalue weighted by Crippen LogP contribution is -2.34. The third-order valence-corrected chi connectivity index (χ3v) is 3.31. The lowest BCUT2D eigenvalue weighted by molar-refractivity contribution is 0.390. The predicted molar refractivity (Wildman–Crippen MR) is 64.5 cm³/mol. The van der Waals surface area contributed by atoms with Crippen LogP contribution in [0.25, 0.3) is 0 Å². The van der Waals surface area contributed by atoms with Crippen molar-refractivity contribution >= 4 is 11.8 Å². The van der Waals surface area contributed by atoms with E-state index in [2.05, 4.69) is 33.0 Å². The van der Waals surface area contributed by atoms with Crippen molar-refractivity contribution < 1.29 is 0 Å². The van der Waals surface area contributed by atoms with Crippen molar-refractivity contribution in [3.05, 3.63) is 0 Å². The standard InChI is InChI=1S/C11H25NS/c1-5-11(10(3)4)12-8-7-9-13-6-2/h10-12H,5-9H2,1-4H3. The zero-order valence-electron chi connectivity index (χ0n) is 9.60. The van der Waals surface area contributed by atoms with Gasteiger partial charge in [0.2, 0.25) is 0 Å². The zero-order valence-corrected chi connectivity index (χ0v) is 10.4. The van der Waals surface area contributed by atoms with Gasteiger partial charge in [-0.25, -0.2) is 0 Å². The van der Waals surface area contributed by atoms with Crippen molar-refractivity contribution in [2.24, 2.45) is 5.92 Å². The Morgan fingerprint density at radius 3 is 2.38 bits per heavy atom. The highest BCUT2D eigenvalue weighted by Gasteiger charge is 2.08. The summed E-state index contributed by atoms with van der Waals surface area (Å²) in [6, 6.07) is 0.714. The number of nitrogens with one attached hydrogen (secondary N) is 1. The normalized spacial score (nSPS) is 13.6. The van der Waals surface area contributed by atoms with Gasteiger partial charge in [0.1, 0.15) is 0 Å². The maximum absolute atomic E-state index is 3.61. The van der Waals surface area contributed by atoms with E-state index in [-0.39, 0.29) is 0 Å². The van der Waals surface area contributed by atoms with E-state index in [9.17, 15) is 0 Å². The molecular formula is C11H25NS. The molecule has 0 amide bonds. The topological polar surface area (TPSA) is 12.0 Å². The molecule has 1 N–H and O–H groups in total. The minimum atomic E-state index is 0.714. The maximum atomic E-state index is 3.61. The lowest BCUT2D eigenvalue weighted by atomic mass is 10.0. The maximum Gasteiger partial charge on any atom is 0.00874 e. The fraction of sp³-hybridized carbons (Fsp3) is 1.00. The highest BCUT2D eigenvalue weighted by molar-refractivity contribution is 7.99. The molecule has 0 aliphatic carbocycles. The lowest BCUT2D eigenvalue weighted by Gasteiger charge is -2.20. The van der Waals surface area contributed by atoms with Crippen molar-refractivity contribution in [3.8, 4) is 0 Å². The summed E-state index contributed by atoms with van der Waals surface area (Å²) < 4.78 is 0. The molecule has 2 heteroatoms. The molecule has 0 aromatic heterocycles. The Balaban J connectivity index is 3.28. The fourth-order valence-corrected chi connectivity index (χ4v) is 2.09. The summed E-state index contributed by atoms with van der Waals surface area (Å²) in [5, 5.41) is 3.61. The summed E-state index contributed by atoms with van der Waals surface area (Å²) in [7, 11) is 0. The molecule has 0 aliphatic heterocycles. The minimum Gasteiger partial charge on any atom is -0.314 e. The van der Waals surface area contributed by atoms with Gasteiger partial charge in [0.05, 0.1) is 0 Å². The van der Waals surface area contributed by atoms with Gasteiger partial charge in [-0.2, -0.15) is 11.8 Å². The molecule has 80 valence electrons. The first-order chi connectivity index (χ1) is 6.22. The first-order valence-corrected chi connectivity index (χ1v) is 6.68. The molecule has 0 heterocycles. The smallest absolute Gasteiger partial charge is 0.00874 e. The van der Waals surface area contributed by atoms with Gasteiger partial charge in [-0.1, -0.05) is 27.7 Å². The van der Waals surface area contributed by atoms with Crippen LogP contribution in [0.2, 0.25) is 0 Å². The van der Waals surface area contributed by atoms with Crippen LogP contribution in [0.5, 0.6) is 0 Å². The molecule has 0 saturated heterocycles. The van der Waals surface area contributed by atoms with Crippen LogP contribution in [-0.2, 0) is 0 Å². The van der Waals surface area contributed by atoms with Crippen molar-refractivity contribution in [2.45, 2.75) is 46.6 Å². The Bertz CT molecular complexity index is 104. The van der Waals surface area contributed by atoms with Crippen LogP contribution < -0.4 is 5.32 Å². The van der Waals surface area contributed by atoms with Gasteiger partial charge < -0.3 is 5.32 Å². The second-order valence-corrected chi connectivity index (χ2v) is 5.16. The van der Waals surface area contributed by atoms with Gasteiger partial charge in [0.15, 0.2) is 0 Å². The molecular weight excluding hydrogens is 178 g/mol. The van der Waals surface area contributed by atoms with Crippen LogP contribution in [0, 0.1) is 5.92 Å². The monoisotopic (exact) mass is 203 g/mol. The van der Waals surface area contributed by atoms with E-state index < -0.39 is 0 Å². The summed E-state index contributed by atoms with van der Waals surface area (Å²) >= 11 is 2.04. The Morgan fingerprint density at radius 1 is 1.23 bits per heavy atom. The van der Waals surface area contributed by atoms with E-state index in [1.807, 2.05) is 11.8 Å². The number of rotatable bonds is 8. The second-order valence-electron chi connectivity index (χ2n) is 3.76. The Morgan fingerprint density at radius 2 is 1.92 bits per heavy atom. The first-order valence-electron chi connectivity index (χ1n) is 5.53. The number of thioether (sulfide) groups is 1. The van der Waals surface area contributed by atoms with Gasteiger partial charge in [0.25, 0.3) is 0 Å². The molecule has 0 saturated carbocycles. The minimum absolute atomic E-state index is 0.714. The Labute approximate surface area is 88.1 Å². The first kappa shape index (κ1) is 13.3. The fourth-order valence-electron chi connectivity index (χ4n) is 1.46. The van der Waals surface area contributed by atoms with E-state index in [1.165, 1.54) is 30.9 Å². The number of hydrogen-bond donors (Lipinski definition) is 1. The Kier molecular flexibility index (Phi) is 9.10. The van der Waals surface area contributed by atoms with Crippen LogP contribution in [0.1, 0.15) is 40.5 Å². The average Bonchev–Trinajstić information content (AvgIpc) is 2.10. The largest absolute Gasteiger partial charge is 0.314 e. The van der Waals surface area contributed by atoms with Crippen molar-refractivity contribution in [1.29, 1.82) is 0 Å².